The van der Waals surface area contributed by atoms with E-state index in [-0.39, 0.29) is 0 Å². The van der Waals surface area contributed by atoms with Crippen LogP contribution < -0.4 is 0 Å². The van der Waals surface area contributed by atoms with E-state index < -0.39 is 0 Å². The van der Waals surface area contributed by atoms with Crippen molar-refractivity contribution in [3.63, 3.8) is 0 Å². The van der Waals surface area contributed by atoms with Gasteiger partial charge in [0.05, 0.1) is 11.0 Å². The maximum Gasteiger partial charge on any atom is 0.238 e. The minimum atomic E-state index is 0.536. The van der Waals surface area contributed by atoms with E-state index in [9.17, 15) is 0 Å². The van der Waals surface area contributed by atoms with Gasteiger partial charge in [-0.2, -0.15) is 9.97 Å². The van der Waals surface area contributed by atoms with Crippen LogP contribution in [0.2, 0.25) is 0 Å². The third kappa shape index (κ3) is 3.32. The van der Waals surface area contributed by atoms with E-state index in [0.717, 1.165) is 65.8 Å². The van der Waals surface area contributed by atoms with Gasteiger partial charge in [-0.15, -0.1) is 0 Å². The highest BCUT2D eigenvalue weighted by molar-refractivity contribution is 6.25. The molecule has 0 fully saturated rings. The molecule has 0 amide bonds. The largest absolute Gasteiger partial charge is 0.454 e. The molecule has 4 aromatic heterocycles. The summed E-state index contributed by atoms with van der Waals surface area (Å²) in [5.74, 6) is 1.76. The highest BCUT2D eigenvalue weighted by Gasteiger charge is 2.22. The van der Waals surface area contributed by atoms with Gasteiger partial charge in [0.15, 0.2) is 17.2 Å². The molecule has 0 saturated carbocycles. The van der Waals surface area contributed by atoms with Gasteiger partial charge in [-0.25, -0.2) is 4.98 Å². The molecule has 6 heteroatoms. The fraction of sp³-hybridized carbons (Fsp3) is 0. The molecule has 0 unspecified atom stereocenters. The summed E-state index contributed by atoms with van der Waals surface area (Å²) in [7, 11) is 0. The summed E-state index contributed by atoms with van der Waals surface area (Å²) in [6.45, 7) is 0. The highest BCUT2D eigenvalue weighted by Crippen LogP contribution is 2.41. The van der Waals surface area contributed by atoms with Crippen LogP contribution in [0.3, 0.4) is 0 Å². The summed E-state index contributed by atoms with van der Waals surface area (Å²) >= 11 is 0. The third-order valence-electron chi connectivity index (χ3n) is 7.91. The average molecular weight is 540 g/mol. The van der Waals surface area contributed by atoms with E-state index in [1.54, 1.807) is 0 Å². The molecule has 0 bridgehead atoms. The lowest BCUT2D eigenvalue weighted by Gasteiger charge is -2.11. The monoisotopic (exact) mass is 539 g/mol. The Balaban J connectivity index is 1.44. The van der Waals surface area contributed by atoms with E-state index in [0.29, 0.717) is 17.6 Å². The van der Waals surface area contributed by atoms with E-state index >= 15 is 0 Å². The van der Waals surface area contributed by atoms with Gasteiger partial charge in [-0.05, 0) is 30.3 Å². The smallest absolute Gasteiger partial charge is 0.238 e. The van der Waals surface area contributed by atoms with Crippen molar-refractivity contribution in [1.29, 1.82) is 0 Å². The van der Waals surface area contributed by atoms with Crippen molar-refractivity contribution in [2.24, 2.45) is 0 Å². The maximum atomic E-state index is 6.68. The Morgan fingerprint density at radius 1 is 0.524 bits per heavy atom. The zero-order valence-electron chi connectivity index (χ0n) is 22.3. The normalized spacial score (nSPS) is 11.8. The van der Waals surface area contributed by atoms with Crippen LogP contribution in [0.25, 0.3) is 83.4 Å². The molecule has 0 aliphatic carbocycles. The zero-order valence-corrected chi connectivity index (χ0v) is 22.3. The molecule has 5 aromatic carbocycles. The lowest BCUT2D eigenvalue weighted by Crippen LogP contribution is -2.06. The highest BCUT2D eigenvalue weighted by atomic mass is 16.3. The molecule has 196 valence electrons. The summed E-state index contributed by atoms with van der Waals surface area (Å²) in [5.41, 5.74) is 6.31. The zero-order chi connectivity index (χ0) is 27.6. The van der Waals surface area contributed by atoms with Crippen molar-refractivity contribution in [3.8, 4) is 28.7 Å². The molecule has 0 saturated heterocycles. The Bertz CT molecular complexity index is 2400. The number of benzene rings is 5. The molecule has 0 radical (unpaired) electrons. The number of nitrogens with zero attached hydrogens (tertiary/aromatic N) is 5. The number of furan rings is 1. The SMILES string of the molecule is c1ccc(-c2nc(-c3ccccc3)nc(-n3c4ccccc4c4ccc5c(oc6ccc7ncccc7c65)c43)n2)cc1. The van der Waals surface area contributed by atoms with Crippen LogP contribution in [0.4, 0.5) is 0 Å². The molecule has 9 rings (SSSR count). The predicted molar refractivity (Wildman–Crippen MR) is 168 cm³/mol. The number of para-hydroxylation sites is 1. The standard InChI is InChI=1S/C36H21N5O/c1-3-10-22(11-4-1)34-38-35(23-12-5-2-6-13-23)40-36(39-34)41-29-16-8-7-14-24(29)25-17-18-27-31-26-15-9-21-37-28(26)19-20-30(31)42-33(27)32(25)41/h1-21H. The van der Waals surface area contributed by atoms with Gasteiger partial charge >= 0.3 is 0 Å². The fourth-order valence-corrected chi connectivity index (χ4v) is 6.04. The lowest BCUT2D eigenvalue weighted by molar-refractivity contribution is 0.671. The average Bonchev–Trinajstić information content (AvgIpc) is 3.62. The minimum absolute atomic E-state index is 0.536. The molecule has 9 aromatic rings. The first-order valence-corrected chi connectivity index (χ1v) is 13.8. The molecule has 0 aliphatic heterocycles. The Kier molecular flexibility index (Phi) is 4.80. The predicted octanol–water partition coefficient (Wildman–Crippen LogP) is 8.75. The second-order valence-electron chi connectivity index (χ2n) is 10.3. The molecule has 0 atom stereocenters. The first kappa shape index (κ1) is 22.9. The molecular weight excluding hydrogens is 518 g/mol. The van der Waals surface area contributed by atoms with Crippen molar-refractivity contribution in [1.82, 2.24) is 24.5 Å². The van der Waals surface area contributed by atoms with Gasteiger partial charge in [0, 0.05) is 44.3 Å². The number of rotatable bonds is 3. The van der Waals surface area contributed by atoms with E-state index in [1.807, 2.05) is 91.1 Å². The van der Waals surface area contributed by atoms with E-state index in [4.69, 9.17) is 19.4 Å². The number of aromatic nitrogens is 5. The molecule has 6 nitrogen and oxygen atoms in total. The van der Waals surface area contributed by atoms with Crippen LogP contribution in [0.15, 0.2) is 132 Å². The van der Waals surface area contributed by atoms with E-state index in [2.05, 4.69) is 45.9 Å². The van der Waals surface area contributed by atoms with Gasteiger partial charge in [-0.1, -0.05) is 91.0 Å². The van der Waals surface area contributed by atoms with Crippen LogP contribution >= 0.6 is 0 Å². The summed E-state index contributed by atoms with van der Waals surface area (Å²) in [4.78, 5) is 19.6. The van der Waals surface area contributed by atoms with Crippen molar-refractivity contribution in [2.45, 2.75) is 0 Å². The third-order valence-corrected chi connectivity index (χ3v) is 7.91. The second-order valence-corrected chi connectivity index (χ2v) is 10.3. The van der Waals surface area contributed by atoms with Crippen LogP contribution in [0, 0.1) is 0 Å². The number of hydrogen-bond donors (Lipinski definition) is 0. The topological polar surface area (TPSA) is 69.6 Å². The van der Waals surface area contributed by atoms with Crippen molar-refractivity contribution in [2.75, 3.05) is 0 Å². The summed E-state index contributed by atoms with van der Waals surface area (Å²) in [5, 5.41) is 5.32. The van der Waals surface area contributed by atoms with Gasteiger partial charge in [0.2, 0.25) is 5.95 Å². The van der Waals surface area contributed by atoms with Gasteiger partial charge in [-0.3, -0.25) is 9.55 Å². The maximum absolute atomic E-state index is 6.68. The van der Waals surface area contributed by atoms with Crippen LogP contribution in [0.1, 0.15) is 0 Å². The molecule has 0 N–H and O–H groups in total. The second kappa shape index (κ2) is 8.81. The van der Waals surface area contributed by atoms with Gasteiger partial charge in [0.1, 0.15) is 11.1 Å². The quantitative estimate of drug-likeness (QED) is 0.224. The van der Waals surface area contributed by atoms with Crippen molar-refractivity contribution >= 4 is 54.6 Å². The van der Waals surface area contributed by atoms with Gasteiger partial charge < -0.3 is 4.42 Å². The molecule has 0 aliphatic rings. The van der Waals surface area contributed by atoms with Gasteiger partial charge in [0.25, 0.3) is 0 Å². The van der Waals surface area contributed by atoms with Crippen LogP contribution in [-0.2, 0) is 0 Å². The Morgan fingerprint density at radius 2 is 1.19 bits per heavy atom. The lowest BCUT2D eigenvalue weighted by atomic mass is 10.1. The molecular formula is C36H21N5O. The molecule has 42 heavy (non-hydrogen) atoms. The Labute approximate surface area is 239 Å². The number of pyridine rings is 1. The molecule has 4 heterocycles. The summed E-state index contributed by atoms with van der Waals surface area (Å²) in [6.07, 6.45) is 1.82. The van der Waals surface area contributed by atoms with Crippen molar-refractivity contribution in [3.05, 3.63) is 128 Å². The van der Waals surface area contributed by atoms with Crippen molar-refractivity contribution < 1.29 is 4.42 Å². The Hall–Kier alpha value is -5.88. The first-order chi connectivity index (χ1) is 20.8. The summed E-state index contributed by atoms with van der Waals surface area (Å²) < 4.78 is 8.80. The van der Waals surface area contributed by atoms with Crippen LogP contribution in [-0.4, -0.2) is 24.5 Å². The van der Waals surface area contributed by atoms with E-state index in [1.165, 1.54) is 0 Å². The fourth-order valence-electron chi connectivity index (χ4n) is 6.04. The first-order valence-electron chi connectivity index (χ1n) is 13.8. The van der Waals surface area contributed by atoms with Crippen LogP contribution in [0.5, 0.6) is 0 Å². The number of hydrogen-bond acceptors (Lipinski definition) is 5. The Morgan fingerprint density at radius 3 is 1.95 bits per heavy atom. The number of fused-ring (bicyclic) bond motifs is 9. The molecule has 0 spiro atoms. The summed E-state index contributed by atoms with van der Waals surface area (Å²) in [6, 6.07) is 40.9. The minimum Gasteiger partial charge on any atom is -0.454 e.